The van der Waals surface area contributed by atoms with Crippen LogP contribution in [0.25, 0.3) is 0 Å². The molecule has 4 heteroatoms. The zero-order valence-electron chi connectivity index (χ0n) is 11.9. The number of hydrogen-bond donors (Lipinski definition) is 3. The average molecular weight is 282 g/mol. The van der Waals surface area contributed by atoms with Gasteiger partial charge in [0.25, 0.3) is 5.91 Å². The van der Waals surface area contributed by atoms with Crippen LogP contribution in [0.2, 0.25) is 0 Å². The Labute approximate surface area is 123 Å². The first-order valence-corrected chi connectivity index (χ1v) is 7.11. The highest BCUT2D eigenvalue weighted by atomic mass is 16.3. The molecular formula is C17H18N2O2. The van der Waals surface area contributed by atoms with Crippen LogP contribution >= 0.6 is 0 Å². The van der Waals surface area contributed by atoms with Gasteiger partial charge in [0, 0.05) is 23.5 Å². The summed E-state index contributed by atoms with van der Waals surface area (Å²) in [6, 6.07) is 10.8. The highest BCUT2D eigenvalue weighted by molar-refractivity contribution is 6.04. The van der Waals surface area contributed by atoms with Crippen LogP contribution < -0.4 is 10.6 Å². The molecule has 1 aliphatic rings. The minimum absolute atomic E-state index is 0.165. The first kappa shape index (κ1) is 13.5. The molecule has 0 fully saturated rings. The van der Waals surface area contributed by atoms with E-state index in [1.165, 1.54) is 5.56 Å². The topological polar surface area (TPSA) is 61.4 Å². The summed E-state index contributed by atoms with van der Waals surface area (Å²) in [5.74, 6) is 0.0354. The lowest BCUT2D eigenvalue weighted by atomic mass is 10.0. The summed E-state index contributed by atoms with van der Waals surface area (Å²) in [4.78, 5) is 12.2. The Balaban J connectivity index is 1.79. The third-order valence-electron chi connectivity index (χ3n) is 3.76. The van der Waals surface area contributed by atoms with Crippen LogP contribution in [0.5, 0.6) is 5.75 Å². The zero-order valence-corrected chi connectivity index (χ0v) is 11.9. The van der Waals surface area contributed by atoms with Crippen LogP contribution in [0.3, 0.4) is 0 Å². The molecule has 3 N–H and O–H groups in total. The number of phenolic OH excluding ortho intramolecular Hbond substituents is 1. The molecule has 4 nitrogen and oxygen atoms in total. The second-order valence-electron chi connectivity index (χ2n) is 5.36. The van der Waals surface area contributed by atoms with Gasteiger partial charge in [-0.3, -0.25) is 4.79 Å². The molecule has 2 aromatic carbocycles. The lowest BCUT2D eigenvalue weighted by Gasteiger charge is -2.18. The Morgan fingerprint density at radius 3 is 2.90 bits per heavy atom. The number of aryl methyl sites for hydroxylation is 2. The number of hydrogen-bond acceptors (Lipinski definition) is 3. The van der Waals surface area contributed by atoms with Crippen molar-refractivity contribution in [2.24, 2.45) is 0 Å². The Hall–Kier alpha value is -2.49. The van der Waals surface area contributed by atoms with Crippen molar-refractivity contribution < 1.29 is 9.90 Å². The molecule has 0 unspecified atom stereocenters. The van der Waals surface area contributed by atoms with Gasteiger partial charge in [-0.05, 0) is 67.3 Å². The molecule has 0 saturated heterocycles. The maximum absolute atomic E-state index is 12.2. The van der Waals surface area contributed by atoms with Gasteiger partial charge in [0.15, 0.2) is 0 Å². The van der Waals surface area contributed by atoms with E-state index in [0.717, 1.165) is 30.8 Å². The number of anilines is 2. The molecular weight excluding hydrogens is 264 g/mol. The van der Waals surface area contributed by atoms with E-state index in [9.17, 15) is 9.90 Å². The number of nitrogens with one attached hydrogen (secondary N) is 2. The number of carbonyl (C=O) groups is 1. The molecule has 0 atom stereocenters. The number of amides is 1. The largest absolute Gasteiger partial charge is 0.508 e. The first-order chi connectivity index (χ1) is 10.1. The van der Waals surface area contributed by atoms with E-state index in [2.05, 4.69) is 10.6 Å². The van der Waals surface area contributed by atoms with E-state index in [-0.39, 0.29) is 11.7 Å². The molecule has 0 saturated carbocycles. The second-order valence-corrected chi connectivity index (χ2v) is 5.36. The third kappa shape index (κ3) is 2.84. The highest BCUT2D eigenvalue weighted by Crippen LogP contribution is 2.25. The Bertz CT molecular complexity index is 695. The Morgan fingerprint density at radius 2 is 2.10 bits per heavy atom. The van der Waals surface area contributed by atoms with Gasteiger partial charge in [-0.15, -0.1) is 0 Å². The van der Waals surface area contributed by atoms with Crippen LogP contribution in [0.15, 0.2) is 36.4 Å². The number of aromatic hydroxyl groups is 1. The van der Waals surface area contributed by atoms with Gasteiger partial charge in [-0.1, -0.05) is 0 Å². The summed E-state index contributed by atoms with van der Waals surface area (Å²) >= 11 is 0. The minimum atomic E-state index is -0.165. The van der Waals surface area contributed by atoms with Crippen molar-refractivity contribution in [2.45, 2.75) is 19.8 Å². The Morgan fingerprint density at radius 1 is 1.24 bits per heavy atom. The van der Waals surface area contributed by atoms with Crippen LogP contribution in [-0.2, 0) is 6.42 Å². The maximum Gasteiger partial charge on any atom is 0.255 e. The van der Waals surface area contributed by atoms with Gasteiger partial charge in [0.1, 0.15) is 5.75 Å². The van der Waals surface area contributed by atoms with Crippen molar-refractivity contribution in [3.63, 3.8) is 0 Å². The highest BCUT2D eigenvalue weighted by Gasteiger charge is 2.11. The number of benzene rings is 2. The molecule has 0 aromatic heterocycles. The van der Waals surface area contributed by atoms with E-state index in [0.29, 0.717) is 11.1 Å². The molecule has 1 heterocycles. The van der Waals surface area contributed by atoms with E-state index in [4.69, 9.17) is 0 Å². The van der Waals surface area contributed by atoms with Crippen LogP contribution in [0.4, 0.5) is 11.4 Å². The van der Waals surface area contributed by atoms with Crippen molar-refractivity contribution in [2.75, 3.05) is 17.2 Å². The summed E-state index contributed by atoms with van der Waals surface area (Å²) in [6.07, 6.45) is 2.14. The second kappa shape index (κ2) is 5.48. The van der Waals surface area contributed by atoms with Crippen molar-refractivity contribution in [1.82, 2.24) is 0 Å². The summed E-state index contributed by atoms with van der Waals surface area (Å²) < 4.78 is 0. The van der Waals surface area contributed by atoms with Crippen molar-refractivity contribution in [1.29, 1.82) is 0 Å². The van der Waals surface area contributed by atoms with Gasteiger partial charge in [-0.2, -0.15) is 0 Å². The summed E-state index contributed by atoms with van der Waals surface area (Å²) in [7, 11) is 0. The van der Waals surface area contributed by atoms with Gasteiger partial charge in [0.05, 0.1) is 0 Å². The number of carbonyl (C=O) groups excluding carboxylic acids is 1. The summed E-state index contributed by atoms with van der Waals surface area (Å²) in [5, 5.41) is 15.8. The summed E-state index contributed by atoms with van der Waals surface area (Å²) in [6.45, 7) is 2.78. The molecule has 1 amide bonds. The van der Waals surface area contributed by atoms with Crippen molar-refractivity contribution in [3.8, 4) is 5.75 Å². The fourth-order valence-electron chi connectivity index (χ4n) is 2.55. The van der Waals surface area contributed by atoms with Gasteiger partial charge in [0.2, 0.25) is 0 Å². The molecule has 21 heavy (non-hydrogen) atoms. The molecule has 0 bridgehead atoms. The number of rotatable bonds is 2. The standard InChI is InChI=1S/C17H18N2O2/c1-11-9-13(4-7-16(11)20)17(21)19-14-5-6-15-12(10-14)3-2-8-18-15/h4-7,9-10,18,20H,2-3,8H2,1H3,(H,19,21). The average Bonchev–Trinajstić information content (AvgIpc) is 2.50. The lowest BCUT2D eigenvalue weighted by molar-refractivity contribution is 0.102. The van der Waals surface area contributed by atoms with E-state index in [1.807, 2.05) is 18.2 Å². The third-order valence-corrected chi connectivity index (χ3v) is 3.76. The normalized spacial score (nSPS) is 13.2. The molecule has 108 valence electrons. The molecule has 0 aliphatic carbocycles. The fourth-order valence-corrected chi connectivity index (χ4v) is 2.55. The van der Waals surface area contributed by atoms with Crippen molar-refractivity contribution >= 4 is 17.3 Å². The molecule has 0 radical (unpaired) electrons. The molecule has 3 rings (SSSR count). The molecule has 1 aliphatic heterocycles. The number of phenols is 1. The van der Waals surface area contributed by atoms with Gasteiger partial charge < -0.3 is 15.7 Å². The first-order valence-electron chi connectivity index (χ1n) is 7.11. The Kier molecular flexibility index (Phi) is 3.52. The van der Waals surface area contributed by atoms with E-state index < -0.39 is 0 Å². The number of fused-ring (bicyclic) bond motifs is 1. The smallest absolute Gasteiger partial charge is 0.255 e. The van der Waals surface area contributed by atoms with Crippen LogP contribution in [0, 0.1) is 6.92 Å². The van der Waals surface area contributed by atoms with E-state index in [1.54, 1.807) is 25.1 Å². The predicted octanol–water partition coefficient (Wildman–Crippen LogP) is 3.31. The minimum Gasteiger partial charge on any atom is -0.508 e. The van der Waals surface area contributed by atoms with Crippen LogP contribution in [0.1, 0.15) is 27.9 Å². The van der Waals surface area contributed by atoms with E-state index >= 15 is 0 Å². The van der Waals surface area contributed by atoms with Crippen molar-refractivity contribution in [3.05, 3.63) is 53.1 Å². The fraction of sp³-hybridized carbons (Fsp3) is 0.235. The quantitative estimate of drug-likeness (QED) is 0.792. The van der Waals surface area contributed by atoms with Crippen LogP contribution in [-0.4, -0.2) is 17.6 Å². The maximum atomic E-state index is 12.2. The predicted molar refractivity (Wildman–Crippen MR) is 84.0 cm³/mol. The molecule has 0 spiro atoms. The SMILES string of the molecule is Cc1cc(C(=O)Nc2ccc3c(c2)CCCN3)ccc1O. The van der Waals surface area contributed by atoms with Gasteiger partial charge >= 0.3 is 0 Å². The summed E-state index contributed by atoms with van der Waals surface area (Å²) in [5.41, 5.74) is 4.42. The molecule has 2 aromatic rings. The zero-order chi connectivity index (χ0) is 14.8. The monoisotopic (exact) mass is 282 g/mol. The lowest BCUT2D eigenvalue weighted by Crippen LogP contribution is -2.14. The van der Waals surface area contributed by atoms with Gasteiger partial charge in [-0.25, -0.2) is 0 Å².